The van der Waals surface area contributed by atoms with Gasteiger partial charge in [0.2, 0.25) is 5.91 Å². The second-order valence-corrected chi connectivity index (χ2v) is 5.78. The Kier molecular flexibility index (Phi) is 4.43. The van der Waals surface area contributed by atoms with E-state index in [1.165, 1.54) is 0 Å². The summed E-state index contributed by atoms with van der Waals surface area (Å²) in [5.41, 5.74) is 2.12. The van der Waals surface area contributed by atoms with Gasteiger partial charge in [0.15, 0.2) is 5.89 Å². The molecular formula is C16H20N2O3. The third-order valence-corrected chi connectivity index (χ3v) is 2.72. The Bertz CT molecular complexity index is 609. The van der Waals surface area contributed by atoms with Crippen LogP contribution in [0.3, 0.4) is 0 Å². The highest BCUT2D eigenvalue weighted by molar-refractivity contribution is 5.91. The zero-order valence-electron chi connectivity index (χ0n) is 12.8. The van der Waals surface area contributed by atoms with Gasteiger partial charge in [-0.2, -0.15) is 0 Å². The van der Waals surface area contributed by atoms with Gasteiger partial charge in [-0.1, -0.05) is 12.1 Å². The van der Waals surface area contributed by atoms with Gasteiger partial charge in [0.25, 0.3) is 0 Å². The molecule has 0 aliphatic heterocycles. The van der Waals surface area contributed by atoms with Crippen LogP contribution in [0.25, 0.3) is 11.3 Å². The van der Waals surface area contributed by atoms with Crippen molar-refractivity contribution in [3.8, 4) is 11.3 Å². The summed E-state index contributed by atoms with van der Waals surface area (Å²) >= 11 is 0. The monoisotopic (exact) mass is 288 g/mol. The molecule has 0 unspecified atom stereocenters. The number of aryl methyl sites for hydroxylation is 1. The molecule has 2 rings (SSSR count). The van der Waals surface area contributed by atoms with Crippen LogP contribution in [0.5, 0.6) is 0 Å². The van der Waals surface area contributed by atoms with Crippen LogP contribution in [0, 0.1) is 6.92 Å². The summed E-state index contributed by atoms with van der Waals surface area (Å²) in [4.78, 5) is 16.0. The average molecular weight is 288 g/mol. The fourth-order valence-electron chi connectivity index (χ4n) is 1.70. The number of hydrogen-bond donors (Lipinski definition) is 1. The SMILES string of the molecule is Cc1nc(-c2ccc(NC(=O)COC(C)(C)C)cc2)co1. The fourth-order valence-corrected chi connectivity index (χ4v) is 1.70. The van der Waals surface area contributed by atoms with Gasteiger partial charge in [0.05, 0.1) is 5.60 Å². The van der Waals surface area contributed by atoms with Crippen molar-refractivity contribution < 1.29 is 13.9 Å². The zero-order valence-corrected chi connectivity index (χ0v) is 12.8. The maximum Gasteiger partial charge on any atom is 0.250 e. The van der Waals surface area contributed by atoms with Crippen molar-refractivity contribution in [2.75, 3.05) is 11.9 Å². The number of carbonyl (C=O) groups excluding carboxylic acids is 1. The molecule has 1 heterocycles. The molecule has 5 nitrogen and oxygen atoms in total. The zero-order chi connectivity index (χ0) is 15.5. The Morgan fingerprint density at radius 3 is 2.48 bits per heavy atom. The van der Waals surface area contributed by atoms with Crippen LogP contribution in [0.1, 0.15) is 26.7 Å². The highest BCUT2D eigenvalue weighted by Gasteiger charge is 2.13. The molecule has 1 N–H and O–H groups in total. The standard InChI is InChI=1S/C16H20N2O3/c1-11-17-14(9-20-11)12-5-7-13(8-6-12)18-15(19)10-21-16(2,3)4/h5-9H,10H2,1-4H3,(H,18,19). The van der Waals surface area contributed by atoms with E-state index in [2.05, 4.69) is 10.3 Å². The van der Waals surface area contributed by atoms with Crippen LogP contribution >= 0.6 is 0 Å². The highest BCUT2D eigenvalue weighted by Crippen LogP contribution is 2.20. The predicted molar refractivity (Wildman–Crippen MR) is 81.0 cm³/mol. The molecule has 0 bridgehead atoms. The van der Waals surface area contributed by atoms with Gasteiger partial charge < -0.3 is 14.5 Å². The number of carbonyl (C=O) groups is 1. The summed E-state index contributed by atoms with van der Waals surface area (Å²) in [6.07, 6.45) is 1.61. The Labute approximate surface area is 124 Å². The number of amides is 1. The normalized spacial score (nSPS) is 11.4. The van der Waals surface area contributed by atoms with Crippen LogP contribution in [-0.4, -0.2) is 23.1 Å². The van der Waals surface area contributed by atoms with Gasteiger partial charge in [-0.15, -0.1) is 0 Å². The van der Waals surface area contributed by atoms with Gasteiger partial charge >= 0.3 is 0 Å². The number of benzene rings is 1. The molecule has 1 amide bonds. The van der Waals surface area contributed by atoms with Crippen LogP contribution in [0.4, 0.5) is 5.69 Å². The predicted octanol–water partition coefficient (Wildman–Crippen LogP) is 3.40. The molecule has 1 aromatic heterocycles. The minimum Gasteiger partial charge on any atom is -0.449 e. The van der Waals surface area contributed by atoms with E-state index in [4.69, 9.17) is 9.15 Å². The summed E-state index contributed by atoms with van der Waals surface area (Å²) < 4.78 is 10.6. The lowest BCUT2D eigenvalue weighted by molar-refractivity contribution is -0.125. The van der Waals surface area contributed by atoms with Gasteiger partial charge in [-0.05, 0) is 32.9 Å². The number of ether oxygens (including phenoxy) is 1. The van der Waals surface area contributed by atoms with E-state index in [0.717, 1.165) is 16.9 Å². The van der Waals surface area contributed by atoms with Crippen molar-refractivity contribution in [1.82, 2.24) is 4.98 Å². The molecule has 112 valence electrons. The molecule has 0 aliphatic rings. The molecule has 2 aromatic rings. The minimum atomic E-state index is -0.327. The molecule has 0 aliphatic carbocycles. The number of aromatic nitrogens is 1. The summed E-state index contributed by atoms with van der Waals surface area (Å²) in [6.45, 7) is 7.57. The fraction of sp³-hybridized carbons (Fsp3) is 0.375. The first-order valence-electron chi connectivity index (χ1n) is 6.80. The Hall–Kier alpha value is -2.14. The van der Waals surface area contributed by atoms with Crippen LogP contribution in [0.15, 0.2) is 34.9 Å². The number of nitrogens with one attached hydrogen (secondary N) is 1. The minimum absolute atomic E-state index is 0.0354. The van der Waals surface area contributed by atoms with Crippen molar-refractivity contribution >= 4 is 11.6 Å². The maximum absolute atomic E-state index is 11.8. The highest BCUT2D eigenvalue weighted by atomic mass is 16.5. The number of oxazole rings is 1. The number of hydrogen-bond acceptors (Lipinski definition) is 4. The van der Waals surface area contributed by atoms with Crippen molar-refractivity contribution in [3.05, 3.63) is 36.4 Å². The van der Waals surface area contributed by atoms with E-state index in [0.29, 0.717) is 5.89 Å². The molecule has 0 radical (unpaired) electrons. The topological polar surface area (TPSA) is 64.4 Å². The van der Waals surface area contributed by atoms with E-state index in [-0.39, 0.29) is 18.1 Å². The van der Waals surface area contributed by atoms with Crippen molar-refractivity contribution in [2.45, 2.75) is 33.3 Å². The van der Waals surface area contributed by atoms with E-state index in [9.17, 15) is 4.79 Å². The molecule has 0 saturated heterocycles. The summed E-state index contributed by atoms with van der Waals surface area (Å²) in [5.74, 6) is 0.455. The van der Waals surface area contributed by atoms with E-state index in [1.807, 2.05) is 45.0 Å². The second kappa shape index (κ2) is 6.10. The van der Waals surface area contributed by atoms with Crippen molar-refractivity contribution in [1.29, 1.82) is 0 Å². The molecule has 1 aromatic carbocycles. The third-order valence-electron chi connectivity index (χ3n) is 2.72. The quantitative estimate of drug-likeness (QED) is 0.936. The van der Waals surface area contributed by atoms with E-state index < -0.39 is 0 Å². The van der Waals surface area contributed by atoms with E-state index >= 15 is 0 Å². The lowest BCUT2D eigenvalue weighted by Gasteiger charge is -2.19. The first-order chi connectivity index (χ1) is 9.83. The van der Waals surface area contributed by atoms with Crippen LogP contribution in [0.2, 0.25) is 0 Å². The third kappa shape index (κ3) is 4.72. The molecule has 5 heteroatoms. The molecular weight excluding hydrogens is 268 g/mol. The van der Waals surface area contributed by atoms with Crippen LogP contribution in [-0.2, 0) is 9.53 Å². The first kappa shape index (κ1) is 15.3. The van der Waals surface area contributed by atoms with Gasteiger partial charge in [0.1, 0.15) is 18.6 Å². The number of anilines is 1. The maximum atomic E-state index is 11.8. The summed E-state index contributed by atoms with van der Waals surface area (Å²) in [6, 6.07) is 7.43. The Balaban J connectivity index is 1.95. The average Bonchev–Trinajstić information content (AvgIpc) is 2.83. The number of rotatable bonds is 4. The van der Waals surface area contributed by atoms with Gasteiger partial charge in [-0.3, -0.25) is 4.79 Å². The summed E-state index contributed by atoms with van der Waals surface area (Å²) in [7, 11) is 0. The van der Waals surface area contributed by atoms with Gasteiger partial charge in [0, 0.05) is 18.2 Å². The van der Waals surface area contributed by atoms with Crippen molar-refractivity contribution in [2.24, 2.45) is 0 Å². The lowest BCUT2D eigenvalue weighted by Crippen LogP contribution is -2.27. The molecule has 0 fully saturated rings. The Morgan fingerprint density at radius 1 is 1.29 bits per heavy atom. The number of nitrogens with zero attached hydrogens (tertiary/aromatic N) is 1. The molecule has 0 atom stereocenters. The molecule has 0 spiro atoms. The summed E-state index contributed by atoms with van der Waals surface area (Å²) in [5, 5.41) is 2.79. The molecule has 21 heavy (non-hydrogen) atoms. The molecule has 0 saturated carbocycles. The van der Waals surface area contributed by atoms with Gasteiger partial charge in [-0.25, -0.2) is 4.98 Å². The first-order valence-corrected chi connectivity index (χ1v) is 6.80. The van der Waals surface area contributed by atoms with Crippen LogP contribution < -0.4 is 5.32 Å². The second-order valence-electron chi connectivity index (χ2n) is 5.78. The Morgan fingerprint density at radius 2 is 1.95 bits per heavy atom. The van der Waals surface area contributed by atoms with E-state index in [1.54, 1.807) is 13.2 Å². The smallest absolute Gasteiger partial charge is 0.250 e. The largest absolute Gasteiger partial charge is 0.449 e. The lowest BCUT2D eigenvalue weighted by atomic mass is 10.1. The van der Waals surface area contributed by atoms with Crippen molar-refractivity contribution in [3.63, 3.8) is 0 Å².